The largest absolute Gasteiger partial charge is 0.435 e. The molecule has 12 heavy (non-hydrogen) atoms. The zero-order valence-electron chi connectivity index (χ0n) is 6.26. The molecule has 0 spiro atoms. The second-order valence-corrected chi connectivity index (χ2v) is 2.08. The molecule has 2 nitrogen and oxygen atoms in total. The molecule has 0 aliphatic carbocycles. The Morgan fingerprint density at radius 3 is 2.25 bits per heavy atom. The molecule has 0 N–H and O–H groups in total. The van der Waals surface area contributed by atoms with Crippen LogP contribution in [-0.2, 0) is 6.18 Å². The molecule has 0 unspecified atom stereocenters. The fourth-order valence-electron chi connectivity index (χ4n) is 0.778. The molecule has 1 aromatic rings. The maximum absolute atomic E-state index is 12.1. The van der Waals surface area contributed by atoms with Crippen LogP contribution in [0, 0.1) is 6.42 Å². The molecule has 1 heterocycles. The van der Waals surface area contributed by atoms with Crippen LogP contribution in [0.3, 0.4) is 0 Å². The normalized spacial score (nSPS) is 11.7. The number of hydrogen-bond donors (Lipinski definition) is 0. The summed E-state index contributed by atoms with van der Waals surface area (Å²) in [5, 5.41) is 0. The van der Waals surface area contributed by atoms with Crippen molar-refractivity contribution in [3.8, 4) is 0 Å². The molecule has 1 rings (SSSR count). The van der Waals surface area contributed by atoms with Crippen LogP contribution < -0.4 is 0 Å². The van der Waals surface area contributed by atoms with E-state index in [1.807, 2.05) is 0 Å². The van der Waals surface area contributed by atoms with Gasteiger partial charge in [0.05, 0.1) is 5.69 Å². The fourth-order valence-corrected chi connectivity index (χ4v) is 0.778. The van der Waals surface area contributed by atoms with Gasteiger partial charge in [0.15, 0.2) is 5.69 Å². The van der Waals surface area contributed by atoms with Gasteiger partial charge < -0.3 is 0 Å². The van der Waals surface area contributed by atoms with E-state index in [2.05, 4.69) is 9.97 Å². The van der Waals surface area contributed by atoms with Crippen molar-refractivity contribution in [1.29, 1.82) is 0 Å². The molecule has 1 aromatic heterocycles. The fraction of sp³-hybridized carbons (Fsp3) is 0.286. The summed E-state index contributed by atoms with van der Waals surface area (Å²) in [6, 6.07) is 0. The first-order valence-electron chi connectivity index (χ1n) is 3.23. The highest BCUT2D eigenvalue weighted by molar-refractivity contribution is 5.20. The summed E-state index contributed by atoms with van der Waals surface area (Å²) < 4.78 is 36.3. The second-order valence-electron chi connectivity index (χ2n) is 2.08. The molecule has 0 saturated carbocycles. The maximum Gasteiger partial charge on any atom is 0.435 e. The molecule has 0 aliphatic rings. The van der Waals surface area contributed by atoms with Gasteiger partial charge in [0.2, 0.25) is 0 Å². The van der Waals surface area contributed by atoms with Crippen molar-refractivity contribution in [3.63, 3.8) is 0 Å². The molecule has 0 amide bonds. The zero-order valence-corrected chi connectivity index (χ0v) is 6.26. The molecule has 0 saturated heterocycles. The molecule has 0 aliphatic heterocycles. The van der Waals surface area contributed by atoms with E-state index in [9.17, 15) is 13.2 Å². The summed E-state index contributed by atoms with van der Waals surface area (Å²) in [5.41, 5.74) is -1.07. The first-order chi connectivity index (χ1) is 5.55. The minimum Gasteiger partial charge on any atom is -0.257 e. The van der Waals surface area contributed by atoms with Gasteiger partial charge in [-0.25, -0.2) is 4.98 Å². The summed E-state index contributed by atoms with van der Waals surface area (Å²) in [7, 11) is 0. The van der Waals surface area contributed by atoms with Crippen molar-refractivity contribution in [1.82, 2.24) is 9.97 Å². The maximum atomic E-state index is 12.1. The quantitative estimate of drug-likeness (QED) is 0.652. The van der Waals surface area contributed by atoms with Crippen molar-refractivity contribution in [2.24, 2.45) is 0 Å². The first-order valence-corrected chi connectivity index (χ1v) is 3.23. The van der Waals surface area contributed by atoms with E-state index in [1.54, 1.807) is 0 Å². The zero-order chi connectivity index (χ0) is 9.19. The van der Waals surface area contributed by atoms with E-state index in [4.69, 9.17) is 0 Å². The Hall–Kier alpha value is -1.13. The van der Waals surface area contributed by atoms with Crippen LogP contribution in [0.4, 0.5) is 13.2 Å². The number of hydrogen-bond acceptors (Lipinski definition) is 2. The Balaban J connectivity index is 3.14. The van der Waals surface area contributed by atoms with Gasteiger partial charge in [0.1, 0.15) is 0 Å². The van der Waals surface area contributed by atoms with Gasteiger partial charge in [-0.2, -0.15) is 13.2 Å². The van der Waals surface area contributed by atoms with Crippen molar-refractivity contribution >= 4 is 0 Å². The molecule has 0 atom stereocenters. The van der Waals surface area contributed by atoms with Gasteiger partial charge in [-0.1, -0.05) is 6.92 Å². The number of rotatable bonds is 1. The van der Waals surface area contributed by atoms with Crippen molar-refractivity contribution in [2.75, 3.05) is 0 Å². The van der Waals surface area contributed by atoms with E-state index in [1.165, 1.54) is 19.5 Å². The Morgan fingerprint density at radius 2 is 1.83 bits per heavy atom. The summed E-state index contributed by atoms with van der Waals surface area (Å²) in [6.07, 6.45) is -0.897. The van der Waals surface area contributed by atoms with E-state index in [-0.39, 0.29) is 5.69 Å². The van der Waals surface area contributed by atoms with Gasteiger partial charge in [-0.15, -0.1) is 0 Å². The Bertz CT molecular complexity index is 270. The van der Waals surface area contributed by atoms with E-state index >= 15 is 0 Å². The number of aromatic nitrogens is 2. The van der Waals surface area contributed by atoms with Crippen LogP contribution >= 0.6 is 0 Å². The minimum atomic E-state index is -4.42. The lowest BCUT2D eigenvalue weighted by Gasteiger charge is -2.07. The molecule has 1 radical (unpaired) electrons. The molecular formula is C7H6F3N2. The SMILES string of the molecule is C[CH]c1nccnc1C(F)(F)F. The van der Waals surface area contributed by atoms with Crippen molar-refractivity contribution in [2.45, 2.75) is 13.1 Å². The predicted molar refractivity (Wildman–Crippen MR) is 36.1 cm³/mol. The average Bonchev–Trinajstić information content (AvgIpc) is 2.03. The lowest BCUT2D eigenvalue weighted by molar-refractivity contribution is -0.141. The van der Waals surface area contributed by atoms with E-state index in [0.717, 1.165) is 6.20 Å². The van der Waals surface area contributed by atoms with Crippen LogP contribution in [0.1, 0.15) is 18.3 Å². The standard InChI is InChI=1S/C7H6F3N2/c1-2-5-6(7(8,9)10)12-4-3-11-5/h2-4H,1H3. The van der Waals surface area contributed by atoms with Gasteiger partial charge in [0, 0.05) is 18.8 Å². The third-order valence-electron chi connectivity index (χ3n) is 1.27. The summed E-state index contributed by atoms with van der Waals surface area (Å²) in [5.74, 6) is 0. The Labute approximate surface area is 67.5 Å². The molecule has 5 heteroatoms. The highest BCUT2D eigenvalue weighted by atomic mass is 19.4. The summed E-state index contributed by atoms with van der Waals surface area (Å²) >= 11 is 0. The van der Waals surface area contributed by atoms with Crippen LogP contribution in [0.2, 0.25) is 0 Å². The molecular weight excluding hydrogens is 169 g/mol. The van der Waals surface area contributed by atoms with Crippen molar-refractivity contribution in [3.05, 3.63) is 30.2 Å². The summed E-state index contributed by atoms with van der Waals surface area (Å²) in [4.78, 5) is 6.73. The smallest absolute Gasteiger partial charge is 0.257 e. The number of alkyl halides is 3. The van der Waals surface area contributed by atoms with Crippen LogP contribution in [-0.4, -0.2) is 9.97 Å². The van der Waals surface area contributed by atoms with Crippen LogP contribution in [0.5, 0.6) is 0 Å². The van der Waals surface area contributed by atoms with Gasteiger partial charge in [0.25, 0.3) is 0 Å². The van der Waals surface area contributed by atoms with Crippen LogP contribution in [0.25, 0.3) is 0 Å². The third kappa shape index (κ3) is 1.72. The van der Waals surface area contributed by atoms with Crippen molar-refractivity contribution < 1.29 is 13.2 Å². The summed E-state index contributed by atoms with van der Waals surface area (Å²) in [6.45, 7) is 1.49. The topological polar surface area (TPSA) is 25.8 Å². The predicted octanol–water partition coefficient (Wildman–Crippen LogP) is 2.07. The van der Waals surface area contributed by atoms with E-state index in [0.29, 0.717) is 0 Å². The van der Waals surface area contributed by atoms with Crippen LogP contribution in [0.15, 0.2) is 12.4 Å². The molecule has 65 valence electrons. The minimum absolute atomic E-state index is 0.134. The number of nitrogens with zero attached hydrogens (tertiary/aromatic N) is 2. The molecule has 0 fully saturated rings. The van der Waals surface area contributed by atoms with Gasteiger partial charge >= 0.3 is 6.18 Å². The monoisotopic (exact) mass is 175 g/mol. The lowest BCUT2D eigenvalue weighted by atomic mass is 10.2. The van der Waals surface area contributed by atoms with Gasteiger partial charge in [-0.3, -0.25) is 4.98 Å². The Morgan fingerprint density at radius 1 is 1.25 bits per heavy atom. The molecule has 0 bridgehead atoms. The lowest BCUT2D eigenvalue weighted by Crippen LogP contribution is -2.12. The van der Waals surface area contributed by atoms with Gasteiger partial charge in [-0.05, 0) is 0 Å². The average molecular weight is 175 g/mol. The van der Waals surface area contributed by atoms with E-state index < -0.39 is 11.9 Å². The first kappa shape index (κ1) is 8.96. The third-order valence-corrected chi connectivity index (χ3v) is 1.27. The highest BCUT2D eigenvalue weighted by Crippen LogP contribution is 2.29. The Kier molecular flexibility index (Phi) is 2.30. The molecule has 0 aromatic carbocycles. The number of halogens is 3. The second kappa shape index (κ2) is 3.08. The highest BCUT2D eigenvalue weighted by Gasteiger charge is 2.35.